The number of fused-ring (bicyclic) bond motifs is 1. The van der Waals surface area contributed by atoms with E-state index in [2.05, 4.69) is 97.4 Å². The van der Waals surface area contributed by atoms with Gasteiger partial charge >= 0.3 is 0 Å². The molecule has 3 N–H and O–H groups in total. The van der Waals surface area contributed by atoms with Crippen LogP contribution in [-0.4, -0.2) is 10.9 Å². The number of nitrogens with one attached hydrogen (secondary N) is 3. The van der Waals surface area contributed by atoms with Crippen molar-refractivity contribution in [2.45, 2.75) is 45.8 Å². The first-order valence-electron chi connectivity index (χ1n) is 10.8. The van der Waals surface area contributed by atoms with E-state index in [1.54, 1.807) is 0 Å². The summed E-state index contributed by atoms with van der Waals surface area (Å²) in [6.45, 7) is 22.6. The average molecular weight is 413 g/mol. The highest BCUT2D eigenvalue weighted by Crippen LogP contribution is 2.37. The topological polar surface area (TPSA) is 39.3 Å². The van der Waals surface area contributed by atoms with Crippen molar-refractivity contribution in [3.8, 4) is 0 Å². The molecule has 0 radical (unpaired) electrons. The lowest BCUT2D eigenvalue weighted by molar-refractivity contribution is 0.297. The van der Waals surface area contributed by atoms with Crippen LogP contribution in [0, 0.1) is 13.8 Å². The Morgan fingerprint density at radius 3 is 2.65 bits per heavy atom. The van der Waals surface area contributed by atoms with Gasteiger partial charge in [0, 0.05) is 41.4 Å². The summed E-state index contributed by atoms with van der Waals surface area (Å²) in [4.78, 5) is 2.36. The Balaban J connectivity index is 1.38. The third-order valence-corrected chi connectivity index (χ3v) is 6.31. The zero-order chi connectivity index (χ0) is 22.1. The highest BCUT2D eigenvalue weighted by Gasteiger charge is 2.32. The highest BCUT2D eigenvalue weighted by molar-refractivity contribution is 5.70. The Kier molecular flexibility index (Phi) is 5.64. The molecule has 1 unspecified atom stereocenters. The van der Waals surface area contributed by atoms with Gasteiger partial charge in [-0.2, -0.15) is 0 Å². The molecule has 1 atom stereocenters. The number of hydrogen-bond acceptors (Lipinski definition) is 4. The van der Waals surface area contributed by atoms with Crippen LogP contribution in [0.3, 0.4) is 0 Å². The quantitative estimate of drug-likeness (QED) is 0.582. The summed E-state index contributed by atoms with van der Waals surface area (Å²) >= 11 is 0. The Morgan fingerprint density at radius 2 is 1.90 bits per heavy atom. The lowest BCUT2D eigenvalue weighted by atomic mass is 10.0. The number of anilines is 1. The van der Waals surface area contributed by atoms with Crippen LogP contribution in [0.15, 0.2) is 79.9 Å². The van der Waals surface area contributed by atoms with E-state index in [1.165, 1.54) is 27.8 Å². The van der Waals surface area contributed by atoms with E-state index >= 15 is 0 Å². The smallest absolute Gasteiger partial charge is 0.0959 e. The minimum absolute atomic E-state index is 0.258. The lowest BCUT2D eigenvalue weighted by Crippen LogP contribution is -2.39. The second-order valence-corrected chi connectivity index (χ2v) is 8.63. The molecule has 1 fully saturated rings. The van der Waals surface area contributed by atoms with Crippen LogP contribution in [0.1, 0.15) is 40.7 Å². The van der Waals surface area contributed by atoms with E-state index < -0.39 is 0 Å². The first-order chi connectivity index (χ1) is 14.8. The van der Waals surface area contributed by atoms with Gasteiger partial charge in [0.2, 0.25) is 0 Å². The molecule has 0 saturated carbocycles. The number of rotatable bonds is 6. The monoisotopic (exact) mass is 412 g/mol. The molecule has 0 bridgehead atoms. The molecule has 2 aromatic carbocycles. The normalized spacial score (nSPS) is 17.9. The number of piperidine rings is 1. The summed E-state index contributed by atoms with van der Waals surface area (Å²) in [5.74, 6) is 0.791. The van der Waals surface area contributed by atoms with Gasteiger partial charge in [-0.15, -0.1) is 0 Å². The number of benzene rings is 2. The summed E-state index contributed by atoms with van der Waals surface area (Å²) in [5, 5.41) is 10.1. The van der Waals surface area contributed by atoms with Crippen LogP contribution < -0.4 is 16.0 Å². The molecule has 2 heterocycles. The predicted octanol–water partition coefficient (Wildman–Crippen LogP) is 5.54. The van der Waals surface area contributed by atoms with E-state index in [-0.39, 0.29) is 6.04 Å². The fraction of sp³-hybridized carbons (Fsp3) is 0.259. The van der Waals surface area contributed by atoms with Crippen LogP contribution in [-0.2, 0) is 13.1 Å². The number of hydrogen-bond donors (Lipinski definition) is 3. The van der Waals surface area contributed by atoms with E-state index in [1.807, 2.05) is 0 Å². The van der Waals surface area contributed by atoms with Crippen molar-refractivity contribution in [1.82, 2.24) is 15.5 Å². The second kappa shape index (κ2) is 8.38. The maximum absolute atomic E-state index is 4.36. The molecule has 160 valence electrons. The molecule has 0 spiro atoms. The Bertz CT molecular complexity index is 1080. The van der Waals surface area contributed by atoms with Gasteiger partial charge in [0.05, 0.1) is 11.9 Å². The Hall–Kier alpha value is -3.40. The number of allylic oxidation sites excluding steroid dienone is 1. The van der Waals surface area contributed by atoms with Gasteiger partial charge in [-0.3, -0.25) is 0 Å². The Morgan fingerprint density at radius 1 is 1.10 bits per heavy atom. The van der Waals surface area contributed by atoms with Crippen molar-refractivity contribution >= 4 is 11.4 Å². The summed E-state index contributed by atoms with van der Waals surface area (Å²) in [7, 11) is 0. The van der Waals surface area contributed by atoms with Gasteiger partial charge < -0.3 is 20.9 Å². The second-order valence-electron chi connectivity index (χ2n) is 8.63. The van der Waals surface area contributed by atoms with Gasteiger partial charge in [-0.05, 0) is 61.1 Å². The van der Waals surface area contributed by atoms with Crippen LogP contribution in [0.4, 0.5) is 5.69 Å². The summed E-state index contributed by atoms with van der Waals surface area (Å²) < 4.78 is 0. The van der Waals surface area contributed by atoms with Gasteiger partial charge in [-0.1, -0.05) is 50.6 Å². The van der Waals surface area contributed by atoms with E-state index in [0.29, 0.717) is 6.54 Å². The molecular weight excluding hydrogens is 380 g/mol. The molecular formula is C27H32N4. The molecule has 0 aromatic heterocycles. The van der Waals surface area contributed by atoms with Crippen molar-refractivity contribution in [3.63, 3.8) is 0 Å². The largest absolute Gasteiger partial charge is 0.368 e. The molecule has 2 aliphatic heterocycles. The van der Waals surface area contributed by atoms with Gasteiger partial charge in [0.25, 0.3) is 0 Å². The SMILES string of the molecule is C=C1CCC(N2Cc3cc(CNC(=C)Nc4ccc(C)c(C)c4)ccc3C2=C)C(=C)N1. The first-order valence-corrected chi connectivity index (χ1v) is 10.8. The standard InChI is InChI=1S/C27H32N4/c1-17-7-10-25(13-18(17)2)30-22(6)28-15-23-9-11-26-21(5)31(16-24(26)14-23)27-12-8-19(3)29-20(27)4/h7,9-11,13-14,27-30H,3-6,8,12,15-16H2,1-2H3. The minimum atomic E-state index is 0.258. The molecule has 0 amide bonds. The Labute approximate surface area is 186 Å². The van der Waals surface area contributed by atoms with E-state index in [4.69, 9.17) is 0 Å². The number of aryl methyl sites for hydroxylation is 2. The van der Waals surface area contributed by atoms with E-state index in [0.717, 1.165) is 48.0 Å². The van der Waals surface area contributed by atoms with Crippen molar-refractivity contribution < 1.29 is 0 Å². The first kappa shape index (κ1) is 20.9. The molecule has 31 heavy (non-hydrogen) atoms. The summed E-state index contributed by atoms with van der Waals surface area (Å²) in [6.07, 6.45) is 1.99. The number of nitrogens with zero attached hydrogens (tertiary/aromatic N) is 1. The zero-order valence-electron chi connectivity index (χ0n) is 18.6. The van der Waals surface area contributed by atoms with Crippen LogP contribution in [0.2, 0.25) is 0 Å². The molecule has 2 aromatic rings. The third-order valence-electron chi connectivity index (χ3n) is 6.31. The van der Waals surface area contributed by atoms with Gasteiger partial charge in [0.1, 0.15) is 0 Å². The fourth-order valence-electron chi connectivity index (χ4n) is 4.35. The van der Waals surface area contributed by atoms with Crippen LogP contribution >= 0.6 is 0 Å². The molecule has 4 heteroatoms. The highest BCUT2D eigenvalue weighted by atomic mass is 15.2. The fourth-order valence-corrected chi connectivity index (χ4v) is 4.35. The maximum atomic E-state index is 4.36. The third kappa shape index (κ3) is 4.38. The van der Waals surface area contributed by atoms with Crippen molar-refractivity contribution in [3.05, 3.63) is 108 Å². The minimum Gasteiger partial charge on any atom is -0.368 e. The zero-order valence-corrected chi connectivity index (χ0v) is 18.6. The van der Waals surface area contributed by atoms with Crippen LogP contribution in [0.5, 0.6) is 0 Å². The molecule has 4 rings (SSSR count). The molecule has 0 aliphatic carbocycles. The van der Waals surface area contributed by atoms with Crippen LogP contribution in [0.25, 0.3) is 5.70 Å². The van der Waals surface area contributed by atoms with E-state index in [9.17, 15) is 0 Å². The average Bonchev–Trinajstić information content (AvgIpc) is 3.05. The molecule has 1 saturated heterocycles. The van der Waals surface area contributed by atoms with Crippen molar-refractivity contribution in [2.24, 2.45) is 0 Å². The van der Waals surface area contributed by atoms with Crippen molar-refractivity contribution in [1.29, 1.82) is 0 Å². The van der Waals surface area contributed by atoms with Gasteiger partial charge in [-0.25, -0.2) is 0 Å². The van der Waals surface area contributed by atoms with Crippen molar-refractivity contribution in [2.75, 3.05) is 5.32 Å². The molecule has 4 nitrogen and oxygen atoms in total. The van der Waals surface area contributed by atoms with Gasteiger partial charge in [0.15, 0.2) is 0 Å². The lowest BCUT2D eigenvalue weighted by Gasteiger charge is -2.36. The predicted molar refractivity (Wildman–Crippen MR) is 131 cm³/mol. The summed E-state index contributed by atoms with van der Waals surface area (Å²) in [5.41, 5.74) is 10.5. The maximum Gasteiger partial charge on any atom is 0.0959 e. The molecule has 2 aliphatic rings. The summed E-state index contributed by atoms with van der Waals surface area (Å²) in [6, 6.07) is 13.2.